The second-order valence-electron chi connectivity index (χ2n) is 7.16. The van der Waals surface area contributed by atoms with E-state index in [1.54, 1.807) is 27.6 Å². The second-order valence-corrected chi connectivity index (χ2v) is 7.16. The van der Waals surface area contributed by atoms with Gasteiger partial charge in [0.25, 0.3) is 0 Å². The molecule has 3 rings (SSSR count). The molecule has 1 heterocycles. The van der Waals surface area contributed by atoms with E-state index in [-0.39, 0.29) is 5.91 Å². The van der Waals surface area contributed by atoms with Crippen molar-refractivity contribution in [2.24, 2.45) is 0 Å². The predicted octanol–water partition coefficient (Wildman–Crippen LogP) is 4.27. The van der Waals surface area contributed by atoms with Crippen LogP contribution in [0.1, 0.15) is 28.9 Å². The minimum Gasteiger partial charge on any atom is -0.493 e. The Morgan fingerprint density at radius 3 is 2.44 bits per heavy atom. The molecule has 0 radical (unpaired) electrons. The first kappa shape index (κ1) is 23.2. The molecule has 1 N–H and O–H groups in total. The average Bonchev–Trinajstić information content (AvgIpc) is 3.34. The monoisotopic (exact) mass is 439 g/mol. The van der Waals surface area contributed by atoms with Gasteiger partial charge in [-0.2, -0.15) is 0 Å². The van der Waals surface area contributed by atoms with Gasteiger partial charge in [0.05, 0.1) is 34.2 Å². The minimum atomic E-state index is -0.0405. The summed E-state index contributed by atoms with van der Waals surface area (Å²) in [5, 5.41) is 2.97. The Balaban J connectivity index is 1.49. The van der Waals surface area contributed by atoms with Gasteiger partial charge in [-0.05, 0) is 41.3 Å². The molecule has 7 nitrogen and oxygen atoms in total. The van der Waals surface area contributed by atoms with Crippen molar-refractivity contribution in [1.82, 2.24) is 5.32 Å². The van der Waals surface area contributed by atoms with E-state index in [0.717, 1.165) is 22.5 Å². The summed E-state index contributed by atoms with van der Waals surface area (Å²) in [5.74, 6) is 2.45. The number of hydrogen-bond acceptors (Lipinski definition) is 6. The maximum atomic E-state index is 12.4. The van der Waals surface area contributed by atoms with Crippen LogP contribution in [-0.2, 0) is 35.7 Å². The fraction of sp³-hybridized carbons (Fsp3) is 0.320. The molecule has 0 aliphatic heterocycles. The Morgan fingerprint density at radius 2 is 1.72 bits per heavy atom. The van der Waals surface area contributed by atoms with Crippen molar-refractivity contribution in [1.29, 1.82) is 0 Å². The first-order valence-corrected chi connectivity index (χ1v) is 10.4. The summed E-state index contributed by atoms with van der Waals surface area (Å²) in [5.41, 5.74) is 2.94. The van der Waals surface area contributed by atoms with E-state index in [9.17, 15) is 4.79 Å². The van der Waals surface area contributed by atoms with Gasteiger partial charge in [-0.1, -0.05) is 30.3 Å². The quantitative estimate of drug-likeness (QED) is 0.454. The Kier molecular flexibility index (Phi) is 8.57. The summed E-state index contributed by atoms with van der Waals surface area (Å²) in [7, 11) is 4.71. The van der Waals surface area contributed by atoms with Gasteiger partial charge in [-0.15, -0.1) is 0 Å². The zero-order valence-corrected chi connectivity index (χ0v) is 18.7. The van der Waals surface area contributed by atoms with Gasteiger partial charge in [0, 0.05) is 13.0 Å². The van der Waals surface area contributed by atoms with E-state index in [2.05, 4.69) is 5.32 Å². The van der Waals surface area contributed by atoms with Crippen molar-refractivity contribution in [2.75, 3.05) is 21.3 Å². The molecule has 0 aliphatic rings. The van der Waals surface area contributed by atoms with E-state index in [0.29, 0.717) is 49.8 Å². The van der Waals surface area contributed by atoms with Gasteiger partial charge in [-0.25, -0.2) is 0 Å². The van der Waals surface area contributed by atoms with Crippen molar-refractivity contribution >= 4 is 5.91 Å². The van der Waals surface area contributed by atoms with Crippen molar-refractivity contribution in [3.05, 3.63) is 77.2 Å². The fourth-order valence-corrected chi connectivity index (χ4v) is 3.39. The van der Waals surface area contributed by atoms with Gasteiger partial charge in [0.1, 0.15) is 12.4 Å². The number of benzene rings is 2. The van der Waals surface area contributed by atoms with Crippen LogP contribution in [0.5, 0.6) is 17.2 Å². The number of carbonyl (C=O) groups is 1. The summed E-state index contributed by atoms with van der Waals surface area (Å²) in [6.45, 7) is 1.35. The first-order valence-electron chi connectivity index (χ1n) is 10.4. The molecule has 7 heteroatoms. The molecule has 0 fully saturated rings. The van der Waals surface area contributed by atoms with E-state index in [1.165, 1.54) is 0 Å². The first-order chi connectivity index (χ1) is 15.6. The highest BCUT2D eigenvalue weighted by molar-refractivity contribution is 5.76. The molecule has 0 aliphatic carbocycles. The van der Waals surface area contributed by atoms with Crippen LogP contribution < -0.4 is 19.5 Å². The lowest BCUT2D eigenvalue weighted by atomic mass is 10.1. The van der Waals surface area contributed by atoms with Gasteiger partial charge in [0.2, 0.25) is 11.7 Å². The Labute approximate surface area is 188 Å². The molecule has 1 aromatic heterocycles. The number of amides is 1. The van der Waals surface area contributed by atoms with E-state index in [1.807, 2.05) is 48.5 Å². The SMILES string of the molecule is COc1ccc(CCC(=O)NCc2cccc(COCc3ccco3)c2)c(OC)c1OC. The number of aryl methyl sites for hydroxylation is 1. The van der Waals surface area contributed by atoms with Crippen LogP contribution >= 0.6 is 0 Å². The summed E-state index contributed by atoms with van der Waals surface area (Å²) >= 11 is 0. The van der Waals surface area contributed by atoms with E-state index >= 15 is 0 Å². The highest BCUT2D eigenvalue weighted by atomic mass is 16.5. The van der Waals surface area contributed by atoms with Crippen LogP contribution in [0, 0.1) is 0 Å². The van der Waals surface area contributed by atoms with Gasteiger partial charge >= 0.3 is 0 Å². The smallest absolute Gasteiger partial charge is 0.220 e. The third-order valence-electron chi connectivity index (χ3n) is 4.98. The topological polar surface area (TPSA) is 79.2 Å². The average molecular weight is 440 g/mol. The van der Waals surface area contributed by atoms with Crippen LogP contribution in [0.3, 0.4) is 0 Å². The molecule has 0 saturated carbocycles. The molecule has 170 valence electrons. The highest BCUT2D eigenvalue weighted by Gasteiger charge is 2.16. The molecule has 0 saturated heterocycles. The minimum absolute atomic E-state index is 0.0405. The number of carbonyl (C=O) groups excluding carboxylic acids is 1. The largest absolute Gasteiger partial charge is 0.493 e. The molecule has 0 bridgehead atoms. The number of nitrogens with one attached hydrogen (secondary N) is 1. The lowest BCUT2D eigenvalue weighted by Crippen LogP contribution is -2.23. The van der Waals surface area contributed by atoms with Gasteiger partial charge in [-0.3, -0.25) is 4.79 Å². The van der Waals surface area contributed by atoms with Crippen molar-refractivity contribution in [3.8, 4) is 17.2 Å². The molecule has 3 aromatic rings. The van der Waals surface area contributed by atoms with Gasteiger partial charge in [0.15, 0.2) is 11.5 Å². The van der Waals surface area contributed by atoms with Crippen LogP contribution in [0.25, 0.3) is 0 Å². The number of ether oxygens (including phenoxy) is 4. The maximum absolute atomic E-state index is 12.4. The summed E-state index contributed by atoms with van der Waals surface area (Å²) in [6.07, 6.45) is 2.48. The van der Waals surface area contributed by atoms with Crippen molar-refractivity contribution in [3.63, 3.8) is 0 Å². The van der Waals surface area contributed by atoms with Crippen LogP contribution in [0.2, 0.25) is 0 Å². The summed E-state index contributed by atoms with van der Waals surface area (Å²) < 4.78 is 27.1. The summed E-state index contributed by atoms with van der Waals surface area (Å²) in [6, 6.07) is 15.4. The van der Waals surface area contributed by atoms with Crippen LogP contribution in [0.15, 0.2) is 59.2 Å². The van der Waals surface area contributed by atoms with Crippen LogP contribution in [0.4, 0.5) is 0 Å². The standard InChI is InChI=1S/C25H29NO6/c1-28-22-11-9-20(24(29-2)25(22)30-3)10-12-23(27)26-15-18-6-4-7-19(14-18)16-31-17-21-8-5-13-32-21/h4-9,11,13-14H,10,12,15-17H2,1-3H3,(H,26,27). The third kappa shape index (κ3) is 6.28. The fourth-order valence-electron chi connectivity index (χ4n) is 3.39. The van der Waals surface area contributed by atoms with E-state index < -0.39 is 0 Å². The highest BCUT2D eigenvalue weighted by Crippen LogP contribution is 2.40. The zero-order chi connectivity index (χ0) is 22.8. The molecular formula is C25H29NO6. The Morgan fingerprint density at radius 1 is 0.906 bits per heavy atom. The lowest BCUT2D eigenvalue weighted by molar-refractivity contribution is -0.121. The zero-order valence-electron chi connectivity index (χ0n) is 18.7. The number of methoxy groups -OCH3 is 3. The maximum Gasteiger partial charge on any atom is 0.220 e. The van der Waals surface area contributed by atoms with E-state index in [4.69, 9.17) is 23.4 Å². The normalized spacial score (nSPS) is 10.6. The molecule has 0 atom stereocenters. The molecular weight excluding hydrogens is 410 g/mol. The second kappa shape index (κ2) is 11.8. The van der Waals surface area contributed by atoms with Gasteiger partial charge < -0.3 is 28.7 Å². The van der Waals surface area contributed by atoms with Crippen molar-refractivity contribution < 1.29 is 28.2 Å². The Bertz CT molecular complexity index is 1000. The molecule has 0 spiro atoms. The predicted molar refractivity (Wildman–Crippen MR) is 120 cm³/mol. The van der Waals surface area contributed by atoms with Crippen molar-refractivity contribution in [2.45, 2.75) is 32.6 Å². The third-order valence-corrected chi connectivity index (χ3v) is 4.98. The lowest BCUT2D eigenvalue weighted by Gasteiger charge is -2.15. The van der Waals surface area contributed by atoms with Crippen LogP contribution in [-0.4, -0.2) is 27.2 Å². The molecule has 2 aromatic carbocycles. The Hall–Kier alpha value is -3.45. The molecule has 0 unspecified atom stereocenters. The molecule has 1 amide bonds. The summed E-state index contributed by atoms with van der Waals surface area (Å²) in [4.78, 5) is 12.4. The number of rotatable bonds is 12. The number of hydrogen-bond donors (Lipinski definition) is 1. The molecule has 32 heavy (non-hydrogen) atoms. The number of furan rings is 1.